The van der Waals surface area contributed by atoms with Crippen LogP contribution < -0.4 is 5.32 Å². The smallest absolute Gasteiger partial charge is 0.374 e. The monoisotopic (exact) mass is 301 g/mol. The average molecular weight is 301 g/mol. The number of amides is 1. The molecule has 1 aromatic carbocycles. The van der Waals surface area contributed by atoms with E-state index in [1.54, 1.807) is 6.07 Å². The zero-order valence-electron chi connectivity index (χ0n) is 12.7. The minimum atomic E-state index is -0.657. The molecule has 5 heteroatoms. The highest BCUT2D eigenvalue weighted by Crippen LogP contribution is 2.26. The van der Waals surface area contributed by atoms with E-state index >= 15 is 0 Å². The van der Waals surface area contributed by atoms with Crippen molar-refractivity contribution in [3.8, 4) is 0 Å². The van der Waals surface area contributed by atoms with Gasteiger partial charge in [-0.25, -0.2) is 4.79 Å². The van der Waals surface area contributed by atoms with Crippen LogP contribution in [0.3, 0.4) is 0 Å². The Bertz CT molecular complexity index is 634. The van der Waals surface area contributed by atoms with Gasteiger partial charge in [-0.2, -0.15) is 0 Å². The van der Waals surface area contributed by atoms with Gasteiger partial charge >= 0.3 is 5.97 Å². The van der Waals surface area contributed by atoms with Crippen LogP contribution in [0, 0.1) is 0 Å². The van der Waals surface area contributed by atoms with Gasteiger partial charge in [0, 0.05) is 5.69 Å². The molecule has 0 bridgehead atoms. The van der Waals surface area contributed by atoms with Crippen molar-refractivity contribution in [1.82, 2.24) is 0 Å². The van der Waals surface area contributed by atoms with Crippen molar-refractivity contribution in [2.24, 2.45) is 0 Å². The first-order chi connectivity index (χ1) is 10.6. The predicted molar refractivity (Wildman–Crippen MR) is 82.8 cm³/mol. The van der Waals surface area contributed by atoms with Gasteiger partial charge < -0.3 is 14.5 Å². The maximum absolute atomic E-state index is 11.9. The zero-order chi connectivity index (χ0) is 15.9. The molecule has 116 valence electrons. The van der Waals surface area contributed by atoms with Crippen LogP contribution in [0.5, 0.6) is 0 Å². The Labute approximate surface area is 129 Å². The van der Waals surface area contributed by atoms with Crippen molar-refractivity contribution in [2.45, 2.75) is 26.2 Å². The van der Waals surface area contributed by atoms with Crippen LogP contribution in [0.25, 0.3) is 0 Å². The number of ether oxygens (including phenoxy) is 1. The largest absolute Gasteiger partial charge is 0.457 e. The van der Waals surface area contributed by atoms with E-state index in [0.717, 1.165) is 17.7 Å². The highest BCUT2D eigenvalue weighted by Gasteiger charge is 2.14. The van der Waals surface area contributed by atoms with Gasteiger partial charge in [0.15, 0.2) is 6.61 Å². The first-order valence-corrected chi connectivity index (χ1v) is 7.21. The van der Waals surface area contributed by atoms with Gasteiger partial charge in [0.2, 0.25) is 5.76 Å². The minimum absolute atomic E-state index is 0.0767. The van der Waals surface area contributed by atoms with Crippen molar-refractivity contribution in [3.63, 3.8) is 0 Å². The summed E-state index contributed by atoms with van der Waals surface area (Å²) in [6.45, 7) is 3.84. The molecule has 1 amide bonds. The Morgan fingerprint density at radius 1 is 1.23 bits per heavy atom. The maximum Gasteiger partial charge on any atom is 0.374 e. The molecule has 0 aliphatic rings. The van der Waals surface area contributed by atoms with Crippen molar-refractivity contribution >= 4 is 17.6 Å². The number of rotatable bonds is 6. The van der Waals surface area contributed by atoms with Crippen molar-refractivity contribution in [2.75, 3.05) is 11.9 Å². The molecule has 1 aromatic heterocycles. The number of hydrogen-bond acceptors (Lipinski definition) is 4. The summed E-state index contributed by atoms with van der Waals surface area (Å²) in [6.07, 6.45) is 2.35. The lowest BCUT2D eigenvalue weighted by molar-refractivity contribution is -0.119. The molecule has 2 aromatic rings. The van der Waals surface area contributed by atoms with Gasteiger partial charge in [-0.3, -0.25) is 4.79 Å². The third-order valence-electron chi connectivity index (χ3n) is 3.43. The molecule has 1 atom stereocenters. The van der Waals surface area contributed by atoms with Crippen LogP contribution in [0.4, 0.5) is 5.69 Å². The number of carbonyl (C=O) groups is 2. The number of hydrogen-bond donors (Lipinski definition) is 1. The molecule has 0 spiro atoms. The number of furan rings is 1. The Morgan fingerprint density at radius 2 is 2.00 bits per heavy atom. The molecule has 0 unspecified atom stereocenters. The highest BCUT2D eigenvalue weighted by atomic mass is 16.5. The molecule has 1 N–H and O–H groups in total. The van der Waals surface area contributed by atoms with Crippen LogP contribution in [0.2, 0.25) is 0 Å². The van der Waals surface area contributed by atoms with Gasteiger partial charge in [0.05, 0.1) is 6.26 Å². The van der Waals surface area contributed by atoms with Crippen LogP contribution in [-0.4, -0.2) is 18.5 Å². The lowest BCUT2D eigenvalue weighted by atomic mass is 9.97. The van der Waals surface area contributed by atoms with Gasteiger partial charge in [-0.05, 0) is 36.1 Å². The fraction of sp³-hybridized carbons (Fsp3) is 0.294. The van der Waals surface area contributed by atoms with Gasteiger partial charge in [-0.1, -0.05) is 32.0 Å². The van der Waals surface area contributed by atoms with E-state index in [0.29, 0.717) is 5.92 Å². The summed E-state index contributed by atoms with van der Waals surface area (Å²) in [6, 6.07) is 10.7. The van der Waals surface area contributed by atoms with Crippen LogP contribution in [0.15, 0.2) is 47.1 Å². The lowest BCUT2D eigenvalue weighted by Gasteiger charge is -2.15. The third kappa shape index (κ3) is 3.97. The number of nitrogens with one attached hydrogen (secondary N) is 1. The molecule has 5 nitrogen and oxygen atoms in total. The highest BCUT2D eigenvalue weighted by molar-refractivity contribution is 5.95. The molecule has 0 radical (unpaired) electrons. The molecule has 2 rings (SSSR count). The maximum atomic E-state index is 11.9. The van der Waals surface area contributed by atoms with Gasteiger partial charge in [0.25, 0.3) is 5.91 Å². The van der Waals surface area contributed by atoms with E-state index in [4.69, 9.17) is 9.15 Å². The number of benzene rings is 1. The second-order valence-electron chi connectivity index (χ2n) is 5.00. The molecule has 1 heterocycles. The Morgan fingerprint density at radius 3 is 2.68 bits per heavy atom. The molecule has 0 saturated heterocycles. The minimum Gasteiger partial charge on any atom is -0.457 e. The summed E-state index contributed by atoms with van der Waals surface area (Å²) in [4.78, 5) is 23.5. The van der Waals surface area contributed by atoms with Gasteiger partial charge in [0.1, 0.15) is 0 Å². The van der Waals surface area contributed by atoms with Crippen LogP contribution in [0.1, 0.15) is 42.3 Å². The standard InChI is InChI=1S/C17H19NO4/c1-3-12(2)13-7-4-5-8-14(13)18-16(19)11-22-17(20)15-9-6-10-21-15/h4-10,12H,3,11H2,1-2H3,(H,18,19)/t12-/m1/s1. The summed E-state index contributed by atoms with van der Waals surface area (Å²) in [7, 11) is 0. The zero-order valence-corrected chi connectivity index (χ0v) is 12.7. The van der Waals surface area contributed by atoms with E-state index < -0.39 is 5.97 Å². The van der Waals surface area contributed by atoms with Crippen molar-refractivity contribution in [3.05, 3.63) is 54.0 Å². The summed E-state index contributed by atoms with van der Waals surface area (Å²) in [5.74, 6) is -0.624. The Balaban J connectivity index is 1.94. The van der Waals surface area contributed by atoms with Crippen LogP contribution in [-0.2, 0) is 9.53 Å². The molecular formula is C17H19NO4. The summed E-state index contributed by atoms with van der Waals surface area (Å²) >= 11 is 0. The first kappa shape index (κ1) is 15.8. The normalized spacial score (nSPS) is 11.7. The fourth-order valence-corrected chi connectivity index (χ4v) is 2.04. The van der Waals surface area contributed by atoms with Crippen LogP contribution >= 0.6 is 0 Å². The summed E-state index contributed by atoms with van der Waals surface area (Å²) in [5, 5.41) is 2.78. The van der Waals surface area contributed by atoms with E-state index in [9.17, 15) is 9.59 Å². The van der Waals surface area contributed by atoms with E-state index in [1.807, 2.05) is 24.3 Å². The van der Waals surface area contributed by atoms with Crippen molar-refractivity contribution in [1.29, 1.82) is 0 Å². The van der Waals surface area contributed by atoms with Gasteiger partial charge in [-0.15, -0.1) is 0 Å². The first-order valence-electron chi connectivity index (χ1n) is 7.21. The molecule has 0 fully saturated rings. The van der Waals surface area contributed by atoms with E-state index in [1.165, 1.54) is 12.3 Å². The quantitative estimate of drug-likeness (QED) is 0.828. The number of carbonyl (C=O) groups excluding carboxylic acids is 2. The lowest BCUT2D eigenvalue weighted by Crippen LogP contribution is -2.21. The fourth-order valence-electron chi connectivity index (χ4n) is 2.04. The number of anilines is 1. The Hall–Kier alpha value is -2.56. The molecule has 22 heavy (non-hydrogen) atoms. The second kappa shape index (κ2) is 7.45. The number of esters is 1. The van der Waals surface area contributed by atoms with E-state index in [-0.39, 0.29) is 18.3 Å². The SMILES string of the molecule is CC[C@@H](C)c1ccccc1NC(=O)COC(=O)c1ccco1. The van der Waals surface area contributed by atoms with Crippen molar-refractivity contribution < 1.29 is 18.7 Å². The molecule has 0 aliphatic heterocycles. The Kier molecular flexibility index (Phi) is 5.36. The predicted octanol–water partition coefficient (Wildman–Crippen LogP) is 3.59. The average Bonchev–Trinajstić information content (AvgIpc) is 3.07. The second-order valence-corrected chi connectivity index (χ2v) is 5.00. The molecule has 0 aliphatic carbocycles. The topological polar surface area (TPSA) is 68.5 Å². The van der Waals surface area contributed by atoms with E-state index in [2.05, 4.69) is 19.2 Å². The molecule has 0 saturated carbocycles. The summed E-state index contributed by atoms with van der Waals surface area (Å²) in [5.41, 5.74) is 1.81. The third-order valence-corrected chi connectivity index (χ3v) is 3.43. The molecular weight excluding hydrogens is 282 g/mol. The summed E-state index contributed by atoms with van der Waals surface area (Å²) < 4.78 is 9.81. The number of para-hydroxylation sites is 1.